The first-order valence-electron chi connectivity index (χ1n) is 7.38. The summed E-state index contributed by atoms with van der Waals surface area (Å²) in [6, 6.07) is 18.4. The molecule has 0 radical (unpaired) electrons. The number of ether oxygens (including phenoxy) is 1. The van der Waals surface area contributed by atoms with Crippen LogP contribution in [0.25, 0.3) is 10.9 Å². The van der Waals surface area contributed by atoms with Gasteiger partial charge in [0.2, 0.25) is 0 Å². The van der Waals surface area contributed by atoms with Gasteiger partial charge in [0.05, 0.1) is 5.69 Å². The van der Waals surface area contributed by atoms with Crippen molar-refractivity contribution in [2.75, 3.05) is 0 Å². The molecule has 0 saturated carbocycles. The summed E-state index contributed by atoms with van der Waals surface area (Å²) < 4.78 is 5.33. The van der Waals surface area contributed by atoms with Crippen LogP contribution in [-0.4, -0.2) is 11.0 Å². The molecule has 1 heterocycles. The molecule has 3 rings (SSSR count). The Labute approximate surface area is 139 Å². The van der Waals surface area contributed by atoms with Gasteiger partial charge < -0.3 is 4.74 Å². The monoisotopic (exact) mass is 317 g/mol. The summed E-state index contributed by atoms with van der Waals surface area (Å²) in [7, 11) is 0. The van der Waals surface area contributed by atoms with Crippen LogP contribution >= 0.6 is 0 Å². The van der Waals surface area contributed by atoms with E-state index in [0.29, 0.717) is 22.7 Å². The number of para-hydroxylation sites is 1. The first kappa shape index (κ1) is 15.6. The third-order valence-electron chi connectivity index (χ3n) is 3.24. The second-order valence-corrected chi connectivity index (χ2v) is 5.20. The van der Waals surface area contributed by atoms with E-state index in [2.05, 4.69) is 21.8 Å². The predicted molar refractivity (Wildman–Crippen MR) is 92.8 cm³/mol. The SMILES string of the molecule is C=C(C)C(=O)Oc1cccc2ccc(N=Nc3ccccc3)nc12. The minimum absolute atomic E-state index is 0.326. The lowest BCUT2D eigenvalue weighted by molar-refractivity contribution is -0.130. The van der Waals surface area contributed by atoms with Gasteiger partial charge in [-0.25, -0.2) is 9.78 Å². The van der Waals surface area contributed by atoms with Gasteiger partial charge >= 0.3 is 5.97 Å². The zero-order valence-corrected chi connectivity index (χ0v) is 13.1. The van der Waals surface area contributed by atoms with E-state index >= 15 is 0 Å². The molecule has 118 valence electrons. The molecule has 1 aromatic heterocycles. The molecule has 0 saturated heterocycles. The van der Waals surface area contributed by atoms with Crippen molar-refractivity contribution >= 4 is 28.4 Å². The Morgan fingerprint density at radius 1 is 1.00 bits per heavy atom. The Hall–Kier alpha value is -3.34. The van der Waals surface area contributed by atoms with Gasteiger partial charge in [0, 0.05) is 11.0 Å². The minimum atomic E-state index is -0.486. The molecule has 0 amide bonds. The predicted octanol–water partition coefficient (Wildman–Crippen LogP) is 5.13. The molecule has 3 aromatic rings. The van der Waals surface area contributed by atoms with Gasteiger partial charge in [0.1, 0.15) is 5.52 Å². The maximum atomic E-state index is 11.8. The van der Waals surface area contributed by atoms with Crippen LogP contribution in [0.1, 0.15) is 6.92 Å². The molecule has 0 fully saturated rings. The van der Waals surface area contributed by atoms with E-state index in [1.54, 1.807) is 25.1 Å². The Balaban J connectivity index is 1.96. The molecule has 0 bridgehead atoms. The quantitative estimate of drug-likeness (QED) is 0.290. The number of carbonyl (C=O) groups is 1. The third kappa shape index (κ3) is 3.52. The molecule has 0 unspecified atom stereocenters. The van der Waals surface area contributed by atoms with E-state index in [1.807, 2.05) is 42.5 Å². The van der Waals surface area contributed by atoms with Gasteiger partial charge in [-0.05, 0) is 37.3 Å². The van der Waals surface area contributed by atoms with Crippen molar-refractivity contribution in [3.63, 3.8) is 0 Å². The summed E-state index contributed by atoms with van der Waals surface area (Å²) in [5.41, 5.74) is 1.62. The molecule has 0 atom stereocenters. The van der Waals surface area contributed by atoms with Crippen LogP contribution in [-0.2, 0) is 4.79 Å². The van der Waals surface area contributed by atoms with Crippen molar-refractivity contribution in [3.05, 3.63) is 72.8 Å². The highest BCUT2D eigenvalue weighted by molar-refractivity contribution is 5.93. The largest absolute Gasteiger partial charge is 0.421 e. The highest BCUT2D eigenvalue weighted by atomic mass is 16.5. The Kier molecular flexibility index (Phi) is 4.43. The Morgan fingerprint density at radius 2 is 1.79 bits per heavy atom. The molecular weight excluding hydrogens is 302 g/mol. The van der Waals surface area contributed by atoms with Crippen molar-refractivity contribution in [1.29, 1.82) is 0 Å². The van der Waals surface area contributed by atoms with Crippen molar-refractivity contribution in [2.24, 2.45) is 10.2 Å². The first-order chi connectivity index (χ1) is 11.6. The number of carbonyl (C=O) groups excluding carboxylic acids is 1. The molecule has 0 aliphatic rings. The molecule has 24 heavy (non-hydrogen) atoms. The summed E-state index contributed by atoms with van der Waals surface area (Å²) in [6.45, 7) is 5.18. The smallest absolute Gasteiger partial charge is 0.338 e. The van der Waals surface area contributed by atoms with Crippen molar-refractivity contribution < 1.29 is 9.53 Å². The molecule has 2 aromatic carbocycles. The molecule has 5 heteroatoms. The van der Waals surface area contributed by atoms with Crippen LogP contribution in [0.2, 0.25) is 0 Å². The number of hydrogen-bond donors (Lipinski definition) is 0. The van der Waals surface area contributed by atoms with E-state index in [-0.39, 0.29) is 0 Å². The number of rotatable bonds is 4. The van der Waals surface area contributed by atoms with E-state index in [9.17, 15) is 4.79 Å². The lowest BCUT2D eigenvalue weighted by Gasteiger charge is -2.07. The van der Waals surface area contributed by atoms with Gasteiger partial charge in [-0.2, -0.15) is 0 Å². The summed E-state index contributed by atoms with van der Waals surface area (Å²) >= 11 is 0. The van der Waals surface area contributed by atoms with Gasteiger partial charge in [-0.15, -0.1) is 10.2 Å². The average Bonchev–Trinajstić information content (AvgIpc) is 2.61. The van der Waals surface area contributed by atoms with Crippen LogP contribution < -0.4 is 4.74 Å². The zero-order chi connectivity index (χ0) is 16.9. The maximum Gasteiger partial charge on any atom is 0.338 e. The fourth-order valence-corrected chi connectivity index (χ4v) is 2.04. The van der Waals surface area contributed by atoms with Gasteiger partial charge in [-0.3, -0.25) is 0 Å². The van der Waals surface area contributed by atoms with Crippen LogP contribution in [0.4, 0.5) is 11.5 Å². The molecule has 0 spiro atoms. The second kappa shape index (κ2) is 6.83. The highest BCUT2D eigenvalue weighted by Crippen LogP contribution is 2.27. The standard InChI is InChI=1S/C19H15N3O2/c1-13(2)19(23)24-16-10-6-7-14-11-12-17(20-18(14)16)22-21-15-8-4-3-5-9-15/h3-12H,1H2,2H3. The van der Waals surface area contributed by atoms with Gasteiger partial charge in [0.25, 0.3) is 0 Å². The molecule has 5 nitrogen and oxygen atoms in total. The van der Waals surface area contributed by atoms with Gasteiger partial charge in [-0.1, -0.05) is 36.9 Å². The van der Waals surface area contributed by atoms with Crippen LogP contribution in [0.3, 0.4) is 0 Å². The molecule has 0 aliphatic heterocycles. The molecule has 0 N–H and O–H groups in total. The number of nitrogens with zero attached hydrogens (tertiary/aromatic N) is 3. The van der Waals surface area contributed by atoms with Crippen molar-refractivity contribution in [3.8, 4) is 5.75 Å². The average molecular weight is 317 g/mol. The number of aromatic nitrogens is 1. The highest BCUT2D eigenvalue weighted by Gasteiger charge is 2.10. The number of azo groups is 1. The third-order valence-corrected chi connectivity index (χ3v) is 3.24. The number of fused-ring (bicyclic) bond motifs is 1. The first-order valence-corrected chi connectivity index (χ1v) is 7.38. The molecule has 0 aliphatic carbocycles. The maximum absolute atomic E-state index is 11.8. The topological polar surface area (TPSA) is 63.9 Å². The Morgan fingerprint density at radius 3 is 2.54 bits per heavy atom. The molecular formula is C19H15N3O2. The van der Waals surface area contributed by atoms with E-state index in [0.717, 1.165) is 11.1 Å². The second-order valence-electron chi connectivity index (χ2n) is 5.20. The van der Waals surface area contributed by atoms with Crippen LogP contribution in [0.15, 0.2) is 83.0 Å². The van der Waals surface area contributed by atoms with Crippen molar-refractivity contribution in [2.45, 2.75) is 6.92 Å². The van der Waals surface area contributed by atoms with Gasteiger partial charge in [0.15, 0.2) is 11.6 Å². The zero-order valence-electron chi connectivity index (χ0n) is 13.1. The number of pyridine rings is 1. The fourth-order valence-electron chi connectivity index (χ4n) is 2.04. The Bertz CT molecular complexity index is 934. The number of hydrogen-bond acceptors (Lipinski definition) is 5. The summed E-state index contributed by atoms with van der Waals surface area (Å²) in [6.07, 6.45) is 0. The van der Waals surface area contributed by atoms with Crippen LogP contribution in [0.5, 0.6) is 5.75 Å². The summed E-state index contributed by atoms with van der Waals surface area (Å²) in [5.74, 6) is 0.322. The minimum Gasteiger partial charge on any atom is -0.421 e. The number of esters is 1. The van der Waals surface area contributed by atoms with E-state index in [1.165, 1.54) is 0 Å². The van der Waals surface area contributed by atoms with Crippen LogP contribution in [0, 0.1) is 0 Å². The summed E-state index contributed by atoms with van der Waals surface area (Å²) in [4.78, 5) is 16.2. The summed E-state index contributed by atoms with van der Waals surface area (Å²) in [5, 5.41) is 9.13. The van der Waals surface area contributed by atoms with Crippen molar-refractivity contribution in [1.82, 2.24) is 4.98 Å². The lowest BCUT2D eigenvalue weighted by Crippen LogP contribution is -2.08. The fraction of sp³-hybridized carbons (Fsp3) is 0.0526. The normalized spacial score (nSPS) is 10.9. The van der Waals surface area contributed by atoms with E-state index < -0.39 is 5.97 Å². The lowest BCUT2D eigenvalue weighted by atomic mass is 10.2. The number of benzene rings is 2. The van der Waals surface area contributed by atoms with E-state index in [4.69, 9.17) is 4.74 Å².